The Hall–Kier alpha value is 0.525. The van der Waals surface area contributed by atoms with Crippen LogP contribution in [0.15, 0.2) is 0 Å². The molecule has 0 aromatic heterocycles. The van der Waals surface area contributed by atoms with Gasteiger partial charge in [0.25, 0.3) is 0 Å². The van der Waals surface area contributed by atoms with Crippen LogP contribution in [0.5, 0.6) is 0 Å². The van der Waals surface area contributed by atoms with Crippen LogP contribution in [0.25, 0.3) is 0 Å². The number of nitrogens with two attached hydrogens (primary N) is 1. The molecule has 0 spiro atoms. The second-order valence-corrected chi connectivity index (χ2v) is 5.62. The Balaban J connectivity index is 2.83. The van der Waals surface area contributed by atoms with Gasteiger partial charge in [0.1, 0.15) is 4.90 Å². The predicted molar refractivity (Wildman–Crippen MR) is 59.6 cm³/mol. The summed E-state index contributed by atoms with van der Waals surface area (Å²) in [4.78, 5) is -1.17. The molecule has 0 radical (unpaired) electrons. The van der Waals surface area contributed by atoms with Crippen molar-refractivity contribution in [3.8, 4) is 0 Å². The van der Waals surface area contributed by atoms with Gasteiger partial charge in [0.2, 0.25) is 0 Å². The zero-order valence-electron chi connectivity index (χ0n) is 8.93. The van der Waals surface area contributed by atoms with Crippen LogP contribution in [0.2, 0.25) is 0 Å². The molecule has 3 nitrogen and oxygen atoms in total. The maximum atomic E-state index is 5.98. The van der Waals surface area contributed by atoms with Crippen LogP contribution in [0.3, 0.4) is 0 Å². The predicted octanol–water partition coefficient (Wildman–Crippen LogP) is 1.75. The molecule has 0 aromatic carbocycles. The van der Waals surface area contributed by atoms with Gasteiger partial charge in [-0.3, -0.25) is 0 Å². The summed E-state index contributed by atoms with van der Waals surface area (Å²) in [5.74, 6) is 0.0748. The molecule has 0 saturated carbocycles. The largest absolute Gasteiger partial charge is 0.496 e. The summed E-state index contributed by atoms with van der Waals surface area (Å²) in [6.07, 6.45) is 0. The third kappa shape index (κ3) is 2.04. The fourth-order valence-corrected chi connectivity index (χ4v) is 1.32. The van der Waals surface area contributed by atoms with Crippen LogP contribution in [0.1, 0.15) is 27.7 Å². The molecule has 0 bridgehead atoms. The van der Waals surface area contributed by atoms with Crippen molar-refractivity contribution in [3.63, 3.8) is 0 Å². The van der Waals surface area contributed by atoms with E-state index in [9.17, 15) is 0 Å². The average molecular weight is 240 g/mol. The van der Waals surface area contributed by atoms with Gasteiger partial charge < -0.3 is 15.0 Å². The van der Waals surface area contributed by atoms with Crippen molar-refractivity contribution in [1.29, 1.82) is 0 Å². The van der Waals surface area contributed by atoms with Crippen molar-refractivity contribution < 1.29 is 9.31 Å². The Morgan fingerprint density at radius 3 is 1.86 bits per heavy atom. The highest BCUT2D eigenvalue weighted by Crippen LogP contribution is 2.40. The first-order valence-corrected chi connectivity index (χ1v) is 5.43. The van der Waals surface area contributed by atoms with Gasteiger partial charge in [0, 0.05) is 0 Å². The molecule has 1 aliphatic rings. The minimum atomic E-state index is -1.17. The van der Waals surface area contributed by atoms with Crippen LogP contribution in [-0.4, -0.2) is 29.1 Å². The molecule has 2 N–H and O–H groups in total. The molecule has 0 aromatic rings. The molecule has 6 heteroatoms. The average Bonchev–Trinajstić information content (AvgIpc) is 2.22. The third-order valence-electron chi connectivity index (χ3n) is 2.85. The van der Waals surface area contributed by atoms with Gasteiger partial charge in [0.15, 0.2) is 0 Å². The van der Waals surface area contributed by atoms with Crippen LogP contribution in [-0.2, 0) is 9.31 Å². The SMILES string of the molecule is CC1(C)OB(C(N)(Cl)CCl)OC1(C)C. The minimum Gasteiger partial charge on any atom is -0.401 e. The van der Waals surface area contributed by atoms with E-state index < -0.39 is 23.2 Å². The number of rotatable bonds is 2. The standard InChI is InChI=1S/C8H16BCl2NO2/c1-6(2)7(3,4)14-9(13-6)8(11,12)5-10/h5,12H2,1-4H3. The molecule has 1 heterocycles. The molecular formula is C8H16BCl2NO2. The van der Waals surface area contributed by atoms with E-state index in [2.05, 4.69) is 0 Å². The van der Waals surface area contributed by atoms with E-state index in [0.29, 0.717) is 0 Å². The van der Waals surface area contributed by atoms with E-state index in [1.54, 1.807) is 0 Å². The van der Waals surface area contributed by atoms with Gasteiger partial charge in [0.05, 0.1) is 17.1 Å². The van der Waals surface area contributed by atoms with Crippen molar-refractivity contribution in [2.75, 3.05) is 5.88 Å². The summed E-state index contributed by atoms with van der Waals surface area (Å²) in [5.41, 5.74) is 4.89. The van der Waals surface area contributed by atoms with Crippen LogP contribution in [0, 0.1) is 0 Å². The maximum Gasteiger partial charge on any atom is 0.496 e. The van der Waals surface area contributed by atoms with E-state index in [1.165, 1.54) is 0 Å². The Morgan fingerprint density at radius 1 is 1.21 bits per heavy atom. The number of alkyl halides is 2. The number of hydrogen-bond donors (Lipinski definition) is 1. The molecule has 1 aliphatic heterocycles. The van der Waals surface area contributed by atoms with Crippen molar-refractivity contribution in [2.24, 2.45) is 5.73 Å². The highest BCUT2D eigenvalue weighted by molar-refractivity contribution is 6.64. The van der Waals surface area contributed by atoms with Crippen LogP contribution in [0.4, 0.5) is 0 Å². The lowest BCUT2D eigenvalue weighted by Gasteiger charge is -2.32. The summed E-state index contributed by atoms with van der Waals surface area (Å²) in [6.45, 7) is 7.75. The Labute approximate surface area is 95.4 Å². The maximum absolute atomic E-state index is 5.98. The molecule has 0 amide bonds. The smallest absolute Gasteiger partial charge is 0.401 e. The first-order valence-electron chi connectivity index (χ1n) is 4.52. The Kier molecular flexibility index (Phi) is 3.17. The number of hydrogen-bond acceptors (Lipinski definition) is 3. The van der Waals surface area contributed by atoms with E-state index in [0.717, 1.165) is 0 Å². The van der Waals surface area contributed by atoms with Crippen molar-refractivity contribution in [1.82, 2.24) is 0 Å². The fourth-order valence-electron chi connectivity index (χ4n) is 1.10. The van der Waals surface area contributed by atoms with Gasteiger partial charge in [-0.1, -0.05) is 0 Å². The van der Waals surface area contributed by atoms with Crippen LogP contribution >= 0.6 is 23.2 Å². The van der Waals surface area contributed by atoms with Gasteiger partial charge in [-0.25, -0.2) is 0 Å². The monoisotopic (exact) mass is 239 g/mol. The molecule has 82 valence electrons. The van der Waals surface area contributed by atoms with E-state index in [1.807, 2.05) is 27.7 Å². The van der Waals surface area contributed by atoms with Gasteiger partial charge in [-0.2, -0.15) is 0 Å². The summed E-state index contributed by atoms with van der Waals surface area (Å²) in [6, 6.07) is 0. The van der Waals surface area contributed by atoms with Crippen molar-refractivity contribution in [2.45, 2.75) is 43.8 Å². The first kappa shape index (κ1) is 12.6. The highest BCUT2D eigenvalue weighted by Gasteiger charge is 2.57. The van der Waals surface area contributed by atoms with Gasteiger partial charge in [-0.05, 0) is 27.7 Å². The van der Waals surface area contributed by atoms with Crippen molar-refractivity contribution >= 4 is 30.3 Å². The summed E-state index contributed by atoms with van der Waals surface area (Å²) >= 11 is 11.6. The van der Waals surface area contributed by atoms with Crippen LogP contribution < -0.4 is 5.73 Å². The lowest BCUT2D eigenvalue weighted by Crippen LogP contribution is -2.52. The van der Waals surface area contributed by atoms with Gasteiger partial charge in [-0.15, -0.1) is 23.2 Å². The Morgan fingerprint density at radius 2 is 1.57 bits per heavy atom. The normalized spacial score (nSPS) is 28.9. The summed E-state index contributed by atoms with van der Waals surface area (Å²) < 4.78 is 11.3. The zero-order valence-corrected chi connectivity index (χ0v) is 10.4. The van der Waals surface area contributed by atoms with Crippen molar-refractivity contribution in [3.05, 3.63) is 0 Å². The second-order valence-electron chi connectivity index (χ2n) is 4.65. The summed E-state index contributed by atoms with van der Waals surface area (Å²) in [5, 5.41) is 0. The molecule has 1 unspecified atom stereocenters. The molecule has 1 saturated heterocycles. The molecule has 14 heavy (non-hydrogen) atoms. The van der Waals surface area contributed by atoms with E-state index >= 15 is 0 Å². The van der Waals surface area contributed by atoms with Gasteiger partial charge >= 0.3 is 7.12 Å². The summed E-state index contributed by atoms with van der Waals surface area (Å²) in [7, 11) is -0.674. The fraction of sp³-hybridized carbons (Fsp3) is 1.00. The quantitative estimate of drug-likeness (QED) is 0.454. The third-order valence-corrected chi connectivity index (χ3v) is 3.74. The Bertz CT molecular complexity index is 217. The zero-order chi connectivity index (χ0) is 11.2. The molecule has 1 rings (SSSR count). The molecular weight excluding hydrogens is 224 g/mol. The van der Waals surface area contributed by atoms with E-state index in [-0.39, 0.29) is 5.88 Å². The molecule has 1 fully saturated rings. The second kappa shape index (κ2) is 3.53. The molecule has 1 atom stereocenters. The highest BCUT2D eigenvalue weighted by atomic mass is 35.5. The minimum absolute atomic E-state index is 0.0748. The topological polar surface area (TPSA) is 44.5 Å². The van der Waals surface area contributed by atoms with E-state index in [4.69, 9.17) is 38.2 Å². The number of halogens is 2. The first-order chi connectivity index (χ1) is 6.12. The molecule has 0 aliphatic carbocycles. The lowest BCUT2D eigenvalue weighted by molar-refractivity contribution is 0.00578. The lowest BCUT2D eigenvalue weighted by atomic mass is 9.79.